The second-order valence-electron chi connectivity index (χ2n) is 3.90. The monoisotopic (exact) mass is 358 g/mol. The maximum atomic E-state index is 10.6. The van der Waals surface area contributed by atoms with Gasteiger partial charge in [0.25, 0.3) is 0 Å². The number of phosphoric ester groups is 2. The average molecular weight is 358 g/mol. The molecule has 0 saturated carbocycles. The Morgan fingerprint density at radius 1 is 0.905 bits per heavy atom. The van der Waals surface area contributed by atoms with Crippen molar-refractivity contribution in [3.05, 3.63) is 0 Å². The average Bonchev–Trinajstić information content (AvgIpc) is 2.25. The van der Waals surface area contributed by atoms with Gasteiger partial charge >= 0.3 is 15.6 Å². The Kier molecular flexibility index (Phi) is 7.53. The Morgan fingerprint density at radius 2 is 1.43 bits per heavy atom. The van der Waals surface area contributed by atoms with Crippen LogP contribution in [-0.2, 0) is 22.9 Å². The van der Waals surface area contributed by atoms with E-state index >= 15 is 0 Å². The van der Waals surface area contributed by atoms with Crippen LogP contribution in [0.2, 0.25) is 0 Å². The van der Waals surface area contributed by atoms with E-state index < -0.39 is 53.0 Å². The van der Waals surface area contributed by atoms with Gasteiger partial charge in [-0.1, -0.05) is 0 Å². The molecular formula is C6H16O13P2. The van der Waals surface area contributed by atoms with E-state index in [1.165, 1.54) is 0 Å². The van der Waals surface area contributed by atoms with Gasteiger partial charge in [0.15, 0.2) is 6.29 Å². The van der Waals surface area contributed by atoms with E-state index in [1.807, 2.05) is 0 Å². The van der Waals surface area contributed by atoms with Gasteiger partial charge in [0.1, 0.15) is 24.4 Å². The van der Waals surface area contributed by atoms with E-state index in [2.05, 4.69) is 9.05 Å². The Labute approximate surface area is 117 Å². The summed E-state index contributed by atoms with van der Waals surface area (Å²) in [5.41, 5.74) is 0. The van der Waals surface area contributed by atoms with Crippen LogP contribution in [0.25, 0.3) is 0 Å². The van der Waals surface area contributed by atoms with Gasteiger partial charge in [0.05, 0.1) is 6.61 Å². The fraction of sp³-hybridized carbons (Fsp3) is 1.00. The third-order valence-corrected chi connectivity index (χ3v) is 3.28. The third kappa shape index (κ3) is 6.76. The van der Waals surface area contributed by atoms with E-state index in [1.54, 1.807) is 0 Å². The van der Waals surface area contributed by atoms with Gasteiger partial charge in [-0.25, -0.2) is 9.13 Å². The second-order valence-corrected chi connectivity index (χ2v) is 6.33. The summed E-state index contributed by atoms with van der Waals surface area (Å²) in [6.45, 7) is -0.907. The molecule has 1 saturated heterocycles. The standard InChI is InChI=1S/C6H14O12P2.H2O/c7-3-2(1-16-19(10,11)12)17-6(5(9)4(3)8)18-20(13,14)15;/h2-9H,1H2,(H2,10,11,12)(H2,13,14,15);1H2/t2-,3-,4+,5-,6-;/m1./s1. The smallest absolute Gasteiger partial charge is 0.412 e. The number of rotatable bonds is 5. The highest BCUT2D eigenvalue weighted by molar-refractivity contribution is 7.46. The normalized spacial score (nSPS) is 34.3. The lowest BCUT2D eigenvalue weighted by Gasteiger charge is -2.39. The summed E-state index contributed by atoms with van der Waals surface area (Å²) in [6, 6.07) is 0. The topological polar surface area (TPSA) is 235 Å². The van der Waals surface area contributed by atoms with Crippen molar-refractivity contribution in [2.45, 2.75) is 30.7 Å². The maximum Gasteiger partial charge on any atom is 0.472 e. The van der Waals surface area contributed by atoms with Crippen LogP contribution in [0.3, 0.4) is 0 Å². The summed E-state index contributed by atoms with van der Waals surface area (Å²) in [4.78, 5) is 34.1. The minimum absolute atomic E-state index is 0. The van der Waals surface area contributed by atoms with Crippen LogP contribution in [0.15, 0.2) is 0 Å². The Bertz CT molecular complexity index is 413. The summed E-state index contributed by atoms with van der Waals surface area (Å²) >= 11 is 0. The van der Waals surface area contributed by atoms with Crippen LogP contribution >= 0.6 is 15.6 Å². The quantitative estimate of drug-likeness (QED) is 0.234. The number of aliphatic hydroxyl groups is 3. The largest absolute Gasteiger partial charge is 0.472 e. The van der Waals surface area contributed by atoms with E-state index in [0.29, 0.717) is 0 Å². The number of hydrogen-bond donors (Lipinski definition) is 7. The zero-order valence-electron chi connectivity index (χ0n) is 10.2. The van der Waals surface area contributed by atoms with Gasteiger partial charge in [-0.05, 0) is 0 Å². The molecule has 1 rings (SSSR count). The SMILES string of the molecule is O.O=P(O)(O)OC[C@H]1O[C@H](OP(=O)(O)O)[C@H](O)[C@@H](O)[C@@H]1O. The first kappa shape index (κ1) is 21.0. The summed E-state index contributed by atoms with van der Waals surface area (Å²) in [7, 11) is -9.95. The third-order valence-electron chi connectivity index (χ3n) is 2.32. The molecule has 0 spiro atoms. The number of ether oxygens (including phenoxy) is 1. The molecule has 21 heavy (non-hydrogen) atoms. The summed E-state index contributed by atoms with van der Waals surface area (Å²) in [5.74, 6) is 0. The summed E-state index contributed by atoms with van der Waals surface area (Å²) < 4.78 is 33.9. The highest BCUT2D eigenvalue weighted by Gasteiger charge is 2.47. The first-order valence-corrected chi connectivity index (χ1v) is 8.10. The number of phosphoric acid groups is 2. The molecule has 0 radical (unpaired) electrons. The predicted molar refractivity (Wildman–Crippen MR) is 61.4 cm³/mol. The fourth-order valence-electron chi connectivity index (χ4n) is 1.45. The Balaban J connectivity index is 0.00000400. The van der Waals surface area contributed by atoms with Gasteiger partial charge in [-0.15, -0.1) is 0 Å². The van der Waals surface area contributed by atoms with Crippen LogP contribution in [0, 0.1) is 0 Å². The minimum Gasteiger partial charge on any atom is -0.412 e. The molecule has 0 aromatic rings. The molecule has 0 amide bonds. The molecule has 0 unspecified atom stereocenters. The van der Waals surface area contributed by atoms with Crippen molar-refractivity contribution < 1.29 is 63.3 Å². The summed E-state index contributed by atoms with van der Waals surface area (Å²) in [5, 5.41) is 28.4. The van der Waals surface area contributed by atoms with Crippen molar-refractivity contribution in [2.75, 3.05) is 6.61 Å². The second kappa shape index (κ2) is 7.53. The molecular weight excluding hydrogens is 342 g/mol. The lowest BCUT2D eigenvalue weighted by Crippen LogP contribution is -2.59. The van der Waals surface area contributed by atoms with Crippen LogP contribution in [0.4, 0.5) is 0 Å². The lowest BCUT2D eigenvalue weighted by atomic mass is 10.00. The molecule has 1 heterocycles. The van der Waals surface area contributed by atoms with E-state index in [-0.39, 0.29) is 5.48 Å². The first-order valence-electron chi connectivity index (χ1n) is 5.04. The van der Waals surface area contributed by atoms with Gasteiger partial charge in [-0.2, -0.15) is 0 Å². The van der Waals surface area contributed by atoms with E-state index in [0.717, 1.165) is 0 Å². The van der Waals surface area contributed by atoms with Gasteiger partial charge in [-0.3, -0.25) is 9.05 Å². The molecule has 15 heteroatoms. The Morgan fingerprint density at radius 3 is 1.86 bits per heavy atom. The molecule has 0 bridgehead atoms. The molecule has 0 aromatic heterocycles. The number of hydrogen-bond acceptors (Lipinski definition) is 8. The van der Waals surface area contributed by atoms with Crippen LogP contribution in [0.5, 0.6) is 0 Å². The van der Waals surface area contributed by atoms with Crippen molar-refractivity contribution in [1.82, 2.24) is 0 Å². The number of aliphatic hydroxyl groups excluding tert-OH is 3. The van der Waals surface area contributed by atoms with E-state index in [9.17, 15) is 24.4 Å². The van der Waals surface area contributed by atoms with E-state index in [4.69, 9.17) is 24.3 Å². The van der Waals surface area contributed by atoms with Crippen LogP contribution in [-0.4, -0.2) is 77.7 Å². The molecule has 1 fully saturated rings. The van der Waals surface area contributed by atoms with Gasteiger partial charge < -0.3 is 45.1 Å². The lowest BCUT2D eigenvalue weighted by molar-refractivity contribution is -0.279. The van der Waals surface area contributed by atoms with Crippen molar-refractivity contribution in [2.24, 2.45) is 0 Å². The zero-order valence-corrected chi connectivity index (χ0v) is 11.9. The highest BCUT2D eigenvalue weighted by Crippen LogP contribution is 2.41. The fourth-order valence-corrected chi connectivity index (χ4v) is 2.23. The molecule has 0 aromatic carbocycles. The molecule has 5 atom stereocenters. The van der Waals surface area contributed by atoms with Gasteiger partial charge in [0, 0.05) is 0 Å². The molecule has 128 valence electrons. The molecule has 13 nitrogen and oxygen atoms in total. The maximum absolute atomic E-state index is 10.6. The first-order chi connectivity index (χ1) is 8.91. The minimum atomic E-state index is -5.07. The zero-order chi connectivity index (χ0) is 15.7. The van der Waals surface area contributed by atoms with Crippen LogP contribution < -0.4 is 0 Å². The van der Waals surface area contributed by atoms with Crippen molar-refractivity contribution >= 4 is 15.6 Å². The van der Waals surface area contributed by atoms with Gasteiger partial charge in [0.2, 0.25) is 0 Å². The molecule has 9 N–H and O–H groups in total. The predicted octanol–water partition coefficient (Wildman–Crippen LogP) is -3.81. The molecule has 1 aliphatic rings. The Hall–Kier alpha value is 0.0200. The highest BCUT2D eigenvalue weighted by atomic mass is 31.2. The summed E-state index contributed by atoms with van der Waals surface area (Å²) in [6.07, 6.45) is -9.32. The van der Waals surface area contributed by atoms with Crippen molar-refractivity contribution in [3.63, 3.8) is 0 Å². The van der Waals surface area contributed by atoms with Crippen LogP contribution in [0.1, 0.15) is 0 Å². The van der Waals surface area contributed by atoms with Crippen molar-refractivity contribution in [3.8, 4) is 0 Å². The molecule has 0 aliphatic carbocycles. The van der Waals surface area contributed by atoms with Crippen molar-refractivity contribution in [1.29, 1.82) is 0 Å². The molecule has 1 aliphatic heterocycles.